The Kier molecular flexibility index (Phi) is 13.7. The van der Waals surface area contributed by atoms with Crippen molar-refractivity contribution in [1.82, 2.24) is 16.0 Å². The van der Waals surface area contributed by atoms with Crippen molar-refractivity contribution < 1.29 is 33.8 Å². The van der Waals surface area contributed by atoms with E-state index in [0.717, 1.165) is 22.3 Å². The number of nitrogens with one attached hydrogen (secondary N) is 3. The van der Waals surface area contributed by atoms with Crippen LogP contribution in [0, 0.1) is 5.92 Å². The largest absolute Gasteiger partial charge is 0.454 e. The molecule has 3 amide bonds. The Labute approximate surface area is 287 Å². The summed E-state index contributed by atoms with van der Waals surface area (Å²) in [6, 6.07) is 23.5. The minimum Gasteiger partial charge on any atom is -0.454 e. The second kappa shape index (κ2) is 18.4. The third kappa shape index (κ3) is 10.1. The average Bonchev–Trinajstić information content (AvgIpc) is 3.44. The summed E-state index contributed by atoms with van der Waals surface area (Å²) in [5.41, 5.74) is 4.99. The van der Waals surface area contributed by atoms with E-state index in [-0.39, 0.29) is 50.8 Å². The molecule has 0 fully saturated rings. The SMILES string of the molecule is C=CCC[C@H](NC(=O)OCC1c2ccccc2-c2ccccc21)C(=O)O[C@H](CNC(=O)[C@@H](CC=C)CC(=O)N[C@@H](C)CO)c1ccccc1. The van der Waals surface area contributed by atoms with Crippen LogP contribution in [-0.4, -0.2) is 60.8 Å². The van der Waals surface area contributed by atoms with E-state index in [1.165, 1.54) is 0 Å². The van der Waals surface area contributed by atoms with E-state index in [1.807, 2.05) is 42.5 Å². The van der Waals surface area contributed by atoms with Crippen molar-refractivity contribution >= 4 is 23.9 Å². The first-order valence-corrected chi connectivity index (χ1v) is 16.5. The molecule has 4 N–H and O–H groups in total. The van der Waals surface area contributed by atoms with Crippen LogP contribution in [0.1, 0.15) is 61.3 Å². The van der Waals surface area contributed by atoms with Gasteiger partial charge in [-0.1, -0.05) is 91.0 Å². The number of rotatable bonds is 18. The Balaban J connectivity index is 1.41. The fourth-order valence-electron chi connectivity index (χ4n) is 5.86. The van der Waals surface area contributed by atoms with E-state index in [9.17, 15) is 24.3 Å². The Morgan fingerprint density at radius 2 is 1.51 bits per heavy atom. The molecule has 3 aromatic carbocycles. The van der Waals surface area contributed by atoms with Crippen LogP contribution in [0.4, 0.5) is 4.79 Å². The number of esters is 1. The summed E-state index contributed by atoms with van der Waals surface area (Å²) in [7, 11) is 0. The number of carbonyl (C=O) groups is 4. The Bertz CT molecular complexity index is 1560. The predicted octanol–water partition coefficient (Wildman–Crippen LogP) is 5.34. The highest BCUT2D eigenvalue weighted by Crippen LogP contribution is 2.44. The van der Waals surface area contributed by atoms with E-state index in [2.05, 4.69) is 41.2 Å². The summed E-state index contributed by atoms with van der Waals surface area (Å²) in [5.74, 6) is -2.34. The number of benzene rings is 3. The Morgan fingerprint density at radius 1 is 0.878 bits per heavy atom. The van der Waals surface area contributed by atoms with E-state index in [4.69, 9.17) is 9.47 Å². The van der Waals surface area contributed by atoms with Gasteiger partial charge < -0.3 is 30.5 Å². The molecule has 0 saturated heterocycles. The summed E-state index contributed by atoms with van der Waals surface area (Å²) >= 11 is 0. The van der Waals surface area contributed by atoms with Gasteiger partial charge in [0.05, 0.1) is 19.1 Å². The van der Waals surface area contributed by atoms with Gasteiger partial charge in [-0.25, -0.2) is 9.59 Å². The molecule has 0 unspecified atom stereocenters. The summed E-state index contributed by atoms with van der Waals surface area (Å²) < 4.78 is 11.6. The number of alkyl carbamates (subject to hydrolysis) is 1. The molecule has 0 bridgehead atoms. The molecule has 10 heteroatoms. The predicted molar refractivity (Wildman–Crippen MR) is 187 cm³/mol. The topological polar surface area (TPSA) is 143 Å². The summed E-state index contributed by atoms with van der Waals surface area (Å²) in [4.78, 5) is 52.3. The minimum atomic E-state index is -1.04. The fraction of sp³-hybridized carbons (Fsp3) is 0.333. The highest BCUT2D eigenvalue weighted by molar-refractivity contribution is 5.86. The fourth-order valence-corrected chi connectivity index (χ4v) is 5.86. The number of hydrogen-bond acceptors (Lipinski definition) is 7. The lowest BCUT2D eigenvalue weighted by Crippen LogP contribution is -2.44. The molecule has 1 aliphatic rings. The highest BCUT2D eigenvalue weighted by Gasteiger charge is 2.31. The van der Waals surface area contributed by atoms with Gasteiger partial charge in [-0.15, -0.1) is 13.2 Å². The molecule has 3 aromatic rings. The molecule has 0 aliphatic heterocycles. The highest BCUT2D eigenvalue weighted by atomic mass is 16.6. The van der Waals surface area contributed by atoms with Gasteiger partial charge in [-0.3, -0.25) is 9.59 Å². The van der Waals surface area contributed by atoms with E-state index in [0.29, 0.717) is 12.0 Å². The van der Waals surface area contributed by atoms with Gasteiger partial charge in [-0.2, -0.15) is 0 Å². The maximum Gasteiger partial charge on any atom is 0.407 e. The summed E-state index contributed by atoms with van der Waals surface area (Å²) in [5, 5.41) is 17.4. The lowest BCUT2D eigenvalue weighted by molar-refractivity contribution is -0.152. The number of carbonyl (C=O) groups excluding carboxylic acids is 4. The van der Waals surface area contributed by atoms with Gasteiger partial charge in [0.1, 0.15) is 18.8 Å². The zero-order valence-corrected chi connectivity index (χ0v) is 27.8. The maximum absolute atomic E-state index is 13.6. The number of aliphatic hydroxyl groups excluding tert-OH is 1. The van der Waals surface area contributed by atoms with Crippen LogP contribution in [-0.2, 0) is 23.9 Å². The molecule has 0 radical (unpaired) electrons. The number of ether oxygens (including phenoxy) is 2. The van der Waals surface area contributed by atoms with Gasteiger partial charge >= 0.3 is 12.1 Å². The quantitative estimate of drug-likeness (QED) is 0.106. The standard InChI is InChI=1S/C39H45N3O7/c1-4-6-21-34(42-39(47)48-25-33-31-19-12-10-17-29(31)30-18-11-13-20-32(30)33)38(46)49-35(27-15-8-7-9-16-27)23-40-37(45)28(14-5-2)22-36(44)41-26(3)24-43/h4-5,7-13,15-20,26,28,33-35,43H,1-2,6,14,21-25H2,3H3,(H,40,45)(H,41,44)(H,42,47)/t26-,28-,34-,35+/m0/s1. The summed E-state index contributed by atoms with van der Waals surface area (Å²) in [6.07, 6.45) is 2.35. The van der Waals surface area contributed by atoms with Gasteiger partial charge in [-0.05, 0) is 54.0 Å². The van der Waals surface area contributed by atoms with Crippen molar-refractivity contribution in [3.8, 4) is 11.1 Å². The van der Waals surface area contributed by atoms with Crippen LogP contribution in [0.5, 0.6) is 0 Å². The first-order chi connectivity index (χ1) is 23.7. The lowest BCUT2D eigenvalue weighted by Gasteiger charge is -2.24. The van der Waals surface area contributed by atoms with Crippen LogP contribution in [0.2, 0.25) is 0 Å². The molecule has 1 aliphatic carbocycles. The van der Waals surface area contributed by atoms with Gasteiger partial charge in [0.2, 0.25) is 11.8 Å². The summed E-state index contributed by atoms with van der Waals surface area (Å²) in [6.45, 7) is 8.89. The third-order valence-corrected chi connectivity index (χ3v) is 8.41. The first kappa shape index (κ1) is 36.6. The van der Waals surface area contributed by atoms with E-state index >= 15 is 0 Å². The van der Waals surface area contributed by atoms with Crippen LogP contribution in [0.15, 0.2) is 104 Å². The molecule has 0 spiro atoms. The van der Waals surface area contributed by atoms with Crippen molar-refractivity contribution in [2.75, 3.05) is 19.8 Å². The number of aliphatic hydroxyl groups is 1. The molecular weight excluding hydrogens is 622 g/mol. The first-order valence-electron chi connectivity index (χ1n) is 16.5. The number of allylic oxidation sites excluding steroid dienone is 2. The molecule has 4 rings (SSSR count). The maximum atomic E-state index is 13.6. The zero-order chi connectivity index (χ0) is 35.2. The van der Waals surface area contributed by atoms with Crippen LogP contribution >= 0.6 is 0 Å². The third-order valence-electron chi connectivity index (χ3n) is 8.41. The van der Waals surface area contributed by atoms with Crippen molar-refractivity contribution in [3.05, 3.63) is 121 Å². The van der Waals surface area contributed by atoms with Crippen LogP contribution in [0.3, 0.4) is 0 Å². The molecular formula is C39H45N3O7. The van der Waals surface area contributed by atoms with Crippen LogP contribution in [0.25, 0.3) is 11.1 Å². The second-order valence-electron chi connectivity index (χ2n) is 12.0. The molecule has 10 nitrogen and oxygen atoms in total. The van der Waals surface area contributed by atoms with Crippen molar-refractivity contribution in [3.63, 3.8) is 0 Å². The Morgan fingerprint density at radius 3 is 2.12 bits per heavy atom. The van der Waals surface area contributed by atoms with Gasteiger partial charge in [0.15, 0.2) is 0 Å². The normalized spacial score (nSPS) is 14.2. The number of amides is 3. The van der Waals surface area contributed by atoms with E-state index in [1.54, 1.807) is 43.3 Å². The van der Waals surface area contributed by atoms with Crippen molar-refractivity contribution in [2.24, 2.45) is 5.92 Å². The van der Waals surface area contributed by atoms with Gasteiger partial charge in [0, 0.05) is 18.4 Å². The molecule has 4 atom stereocenters. The molecule has 0 aromatic heterocycles. The number of hydrogen-bond donors (Lipinski definition) is 4. The molecule has 0 heterocycles. The van der Waals surface area contributed by atoms with Crippen molar-refractivity contribution in [1.29, 1.82) is 0 Å². The van der Waals surface area contributed by atoms with Crippen molar-refractivity contribution in [2.45, 2.75) is 56.7 Å². The molecule has 0 saturated carbocycles. The average molecular weight is 668 g/mol. The second-order valence-corrected chi connectivity index (χ2v) is 12.0. The lowest BCUT2D eigenvalue weighted by atomic mass is 9.98. The minimum absolute atomic E-state index is 0.0734. The van der Waals surface area contributed by atoms with Gasteiger partial charge in [0.25, 0.3) is 0 Å². The monoisotopic (exact) mass is 667 g/mol. The number of fused-ring (bicyclic) bond motifs is 3. The Hall–Kier alpha value is -5.22. The zero-order valence-electron chi connectivity index (χ0n) is 27.8. The molecule has 258 valence electrons. The molecule has 49 heavy (non-hydrogen) atoms. The van der Waals surface area contributed by atoms with E-state index < -0.39 is 42.1 Å². The smallest absolute Gasteiger partial charge is 0.407 e. The van der Waals surface area contributed by atoms with Crippen LogP contribution < -0.4 is 16.0 Å².